The minimum absolute atomic E-state index is 0.0836. The highest BCUT2D eigenvalue weighted by atomic mass is 19.3. The van der Waals surface area contributed by atoms with E-state index in [0.29, 0.717) is 18.1 Å². The number of rotatable bonds is 6. The minimum Gasteiger partial charge on any atom is -0.429 e. The zero-order chi connectivity index (χ0) is 32.3. The molecule has 1 fully saturated rings. The maximum absolute atomic E-state index is 15.1. The van der Waals surface area contributed by atoms with Crippen molar-refractivity contribution in [3.8, 4) is 28.0 Å². The van der Waals surface area contributed by atoms with Crippen LogP contribution in [0.1, 0.15) is 63.5 Å². The number of alkyl halides is 2. The molecule has 0 amide bonds. The number of halogens is 9. The highest BCUT2D eigenvalue weighted by Crippen LogP contribution is 2.40. The van der Waals surface area contributed by atoms with Crippen LogP contribution in [0.15, 0.2) is 60.7 Å². The van der Waals surface area contributed by atoms with Crippen molar-refractivity contribution in [2.75, 3.05) is 0 Å². The standard InChI is InChI=1S/C32H23F9O.C2H6/c1-16-2-4-17(5-3-16)18-6-8-22(24(33)10-18)19-7-9-23(25(34)11-19)20-12-26(35)30(27(36)13-20)32(40,41)42-21-14-28(37)31(39)29(38)15-21;1-2/h6-17H,2-5H2,1H3;1-2H3. The molecule has 0 radical (unpaired) electrons. The second-order valence-electron chi connectivity index (χ2n) is 10.5. The fourth-order valence-electron chi connectivity index (χ4n) is 5.33. The van der Waals surface area contributed by atoms with E-state index in [-0.39, 0.29) is 34.7 Å². The second-order valence-corrected chi connectivity index (χ2v) is 10.5. The van der Waals surface area contributed by atoms with E-state index in [1.165, 1.54) is 12.1 Å². The van der Waals surface area contributed by atoms with E-state index in [1.54, 1.807) is 12.1 Å². The van der Waals surface area contributed by atoms with Crippen LogP contribution in [0.25, 0.3) is 22.3 Å². The van der Waals surface area contributed by atoms with Gasteiger partial charge in [0.15, 0.2) is 17.5 Å². The van der Waals surface area contributed by atoms with Gasteiger partial charge < -0.3 is 4.74 Å². The van der Waals surface area contributed by atoms with Crippen LogP contribution in [0.2, 0.25) is 0 Å². The lowest BCUT2D eigenvalue weighted by Crippen LogP contribution is -2.25. The van der Waals surface area contributed by atoms with E-state index in [0.717, 1.165) is 43.4 Å². The van der Waals surface area contributed by atoms with Crippen LogP contribution < -0.4 is 4.74 Å². The van der Waals surface area contributed by atoms with Crippen LogP contribution in [0.4, 0.5) is 39.5 Å². The molecule has 5 rings (SSSR count). The summed E-state index contributed by atoms with van der Waals surface area (Å²) in [5, 5.41) is 0. The summed E-state index contributed by atoms with van der Waals surface area (Å²) in [7, 11) is 0. The molecule has 10 heteroatoms. The Balaban J connectivity index is 0.00000216. The first-order valence-corrected chi connectivity index (χ1v) is 14.1. The fraction of sp³-hybridized carbons (Fsp3) is 0.294. The predicted octanol–water partition coefficient (Wildman–Crippen LogP) is 11.4. The van der Waals surface area contributed by atoms with Gasteiger partial charge in [0, 0.05) is 23.3 Å². The molecule has 234 valence electrons. The van der Waals surface area contributed by atoms with Crippen LogP contribution in [-0.4, -0.2) is 0 Å². The van der Waals surface area contributed by atoms with Crippen molar-refractivity contribution in [3.63, 3.8) is 0 Å². The van der Waals surface area contributed by atoms with Gasteiger partial charge in [-0.3, -0.25) is 0 Å². The SMILES string of the molecule is CC.CC1CCC(c2ccc(-c3ccc(-c4cc(F)c(C(F)(F)Oc5cc(F)c(F)c(F)c5)c(F)c4)c(F)c3)c(F)c2)CC1. The largest absolute Gasteiger partial charge is 0.432 e. The summed E-state index contributed by atoms with van der Waals surface area (Å²) in [5.41, 5.74) is -1.58. The number of ether oxygens (including phenoxy) is 1. The molecule has 0 spiro atoms. The van der Waals surface area contributed by atoms with Crippen molar-refractivity contribution in [1.29, 1.82) is 0 Å². The Morgan fingerprint density at radius 2 is 1.09 bits per heavy atom. The van der Waals surface area contributed by atoms with Crippen molar-refractivity contribution in [1.82, 2.24) is 0 Å². The summed E-state index contributed by atoms with van der Waals surface area (Å²) < 4.78 is 133. The summed E-state index contributed by atoms with van der Waals surface area (Å²) >= 11 is 0. The third-order valence-electron chi connectivity index (χ3n) is 7.61. The lowest BCUT2D eigenvalue weighted by atomic mass is 9.79. The maximum Gasteiger partial charge on any atom is 0.432 e. The van der Waals surface area contributed by atoms with E-state index < -0.39 is 63.7 Å². The summed E-state index contributed by atoms with van der Waals surface area (Å²) in [4.78, 5) is 0. The zero-order valence-electron chi connectivity index (χ0n) is 24.1. The minimum atomic E-state index is -4.79. The molecule has 44 heavy (non-hydrogen) atoms. The van der Waals surface area contributed by atoms with Crippen molar-refractivity contribution in [2.45, 2.75) is 58.5 Å². The van der Waals surface area contributed by atoms with Crippen molar-refractivity contribution < 1.29 is 44.3 Å². The Bertz CT molecular complexity index is 1600. The van der Waals surface area contributed by atoms with Gasteiger partial charge in [0.25, 0.3) is 0 Å². The Morgan fingerprint density at radius 1 is 0.591 bits per heavy atom. The average molecular weight is 625 g/mol. The van der Waals surface area contributed by atoms with E-state index >= 15 is 8.78 Å². The quantitative estimate of drug-likeness (QED) is 0.153. The molecular weight excluding hydrogens is 595 g/mol. The van der Waals surface area contributed by atoms with E-state index in [9.17, 15) is 30.7 Å². The summed E-state index contributed by atoms with van der Waals surface area (Å²) in [5.74, 6) is -11.3. The van der Waals surface area contributed by atoms with Crippen LogP contribution >= 0.6 is 0 Å². The number of hydrogen-bond donors (Lipinski definition) is 0. The van der Waals surface area contributed by atoms with Gasteiger partial charge in [0.1, 0.15) is 34.6 Å². The second kappa shape index (κ2) is 13.4. The lowest BCUT2D eigenvalue weighted by Gasteiger charge is -2.26. The normalized spacial score (nSPS) is 16.7. The Hall–Kier alpha value is -3.95. The molecule has 1 saturated carbocycles. The topological polar surface area (TPSA) is 9.23 Å². The van der Waals surface area contributed by atoms with Gasteiger partial charge in [-0.1, -0.05) is 57.9 Å². The van der Waals surface area contributed by atoms with Gasteiger partial charge in [-0.2, -0.15) is 8.78 Å². The van der Waals surface area contributed by atoms with Crippen molar-refractivity contribution >= 4 is 0 Å². The average Bonchev–Trinajstić information content (AvgIpc) is 2.96. The zero-order valence-corrected chi connectivity index (χ0v) is 24.1. The molecule has 0 atom stereocenters. The molecule has 1 nitrogen and oxygen atoms in total. The van der Waals surface area contributed by atoms with Gasteiger partial charge in [-0.15, -0.1) is 0 Å². The molecule has 1 aliphatic rings. The van der Waals surface area contributed by atoms with Gasteiger partial charge in [0.05, 0.1) is 0 Å². The molecule has 0 heterocycles. The van der Waals surface area contributed by atoms with E-state index in [4.69, 9.17) is 0 Å². The summed E-state index contributed by atoms with van der Waals surface area (Å²) in [6.07, 6.45) is -0.762. The first-order valence-electron chi connectivity index (χ1n) is 14.1. The predicted molar refractivity (Wildman–Crippen MR) is 150 cm³/mol. The molecule has 4 aromatic rings. The lowest BCUT2D eigenvalue weighted by molar-refractivity contribution is -0.189. The van der Waals surface area contributed by atoms with Crippen LogP contribution in [-0.2, 0) is 6.11 Å². The summed E-state index contributed by atoms with van der Waals surface area (Å²) in [6.45, 7) is 6.18. The smallest absolute Gasteiger partial charge is 0.429 e. The fourth-order valence-corrected chi connectivity index (χ4v) is 5.33. The number of benzene rings is 4. The van der Waals surface area contributed by atoms with Crippen LogP contribution in [0, 0.1) is 46.6 Å². The molecule has 0 aliphatic heterocycles. The Labute approximate surface area is 249 Å². The Morgan fingerprint density at radius 3 is 1.64 bits per heavy atom. The molecule has 0 unspecified atom stereocenters. The van der Waals surface area contributed by atoms with Gasteiger partial charge in [-0.25, -0.2) is 30.7 Å². The number of hydrogen-bond acceptors (Lipinski definition) is 1. The highest BCUT2D eigenvalue weighted by molar-refractivity contribution is 5.72. The van der Waals surface area contributed by atoms with Gasteiger partial charge in [0.2, 0.25) is 0 Å². The highest BCUT2D eigenvalue weighted by Gasteiger charge is 2.41. The molecular formula is C34H29F9O. The first-order chi connectivity index (χ1) is 20.8. The van der Waals surface area contributed by atoms with Crippen molar-refractivity contribution in [2.24, 2.45) is 5.92 Å². The maximum atomic E-state index is 15.1. The molecule has 4 aromatic carbocycles. The molecule has 0 aromatic heterocycles. The van der Waals surface area contributed by atoms with Crippen molar-refractivity contribution in [3.05, 3.63) is 113 Å². The monoisotopic (exact) mass is 624 g/mol. The third kappa shape index (κ3) is 6.89. The molecule has 0 saturated heterocycles. The third-order valence-corrected chi connectivity index (χ3v) is 7.61. The van der Waals surface area contributed by atoms with Gasteiger partial charge in [-0.05, 0) is 65.6 Å². The van der Waals surface area contributed by atoms with Crippen LogP contribution in [0.5, 0.6) is 5.75 Å². The van der Waals surface area contributed by atoms with Gasteiger partial charge >= 0.3 is 6.11 Å². The molecule has 0 bridgehead atoms. The van der Waals surface area contributed by atoms with Crippen LogP contribution in [0.3, 0.4) is 0 Å². The summed E-state index contributed by atoms with van der Waals surface area (Å²) in [6, 6.07) is 9.24. The van der Waals surface area contributed by atoms with E-state index in [1.807, 2.05) is 13.8 Å². The first kappa shape index (κ1) is 33.0. The van der Waals surface area contributed by atoms with E-state index in [2.05, 4.69) is 11.7 Å². The molecule has 1 aliphatic carbocycles. The molecule has 0 N–H and O–H groups in total. The Kier molecular flexibility index (Phi) is 10.0.